The molecule has 2 rings (SSSR count). The standard InChI is InChI=1S/C15H16N4O/c1-9-4-5-11(12-7-18-10(2)19-8-12)6-13(9)14(17-3)15(16)20/h4-8H,1-3H3,(H2,16,20). The van der Waals surface area contributed by atoms with Crippen LogP contribution in [-0.4, -0.2) is 28.6 Å². The molecule has 102 valence electrons. The average molecular weight is 268 g/mol. The van der Waals surface area contributed by atoms with Crippen molar-refractivity contribution in [1.82, 2.24) is 9.97 Å². The molecule has 0 atom stereocenters. The van der Waals surface area contributed by atoms with Crippen molar-refractivity contribution in [2.24, 2.45) is 10.7 Å². The number of benzene rings is 1. The topological polar surface area (TPSA) is 81.2 Å². The molecule has 5 nitrogen and oxygen atoms in total. The summed E-state index contributed by atoms with van der Waals surface area (Å²) in [6, 6.07) is 5.77. The summed E-state index contributed by atoms with van der Waals surface area (Å²) < 4.78 is 0. The van der Waals surface area contributed by atoms with Gasteiger partial charge in [-0.2, -0.15) is 0 Å². The van der Waals surface area contributed by atoms with E-state index in [1.807, 2.05) is 32.0 Å². The molecule has 1 heterocycles. The van der Waals surface area contributed by atoms with E-state index in [9.17, 15) is 4.79 Å². The Kier molecular flexibility index (Phi) is 3.89. The summed E-state index contributed by atoms with van der Waals surface area (Å²) in [6.07, 6.45) is 3.51. The maximum Gasteiger partial charge on any atom is 0.267 e. The van der Waals surface area contributed by atoms with Gasteiger partial charge in [0.15, 0.2) is 0 Å². The zero-order valence-corrected chi connectivity index (χ0v) is 11.7. The molecule has 1 aromatic heterocycles. The lowest BCUT2D eigenvalue weighted by Gasteiger charge is -2.09. The molecule has 0 radical (unpaired) electrons. The Hall–Kier alpha value is -2.56. The molecule has 2 aromatic rings. The van der Waals surface area contributed by atoms with Crippen molar-refractivity contribution in [1.29, 1.82) is 0 Å². The van der Waals surface area contributed by atoms with Gasteiger partial charge in [-0.3, -0.25) is 9.79 Å². The number of aromatic nitrogens is 2. The number of carbonyl (C=O) groups excluding carboxylic acids is 1. The normalized spacial score (nSPS) is 11.4. The molecule has 0 spiro atoms. The summed E-state index contributed by atoms with van der Waals surface area (Å²) in [7, 11) is 1.56. The molecule has 20 heavy (non-hydrogen) atoms. The van der Waals surface area contributed by atoms with E-state index >= 15 is 0 Å². The van der Waals surface area contributed by atoms with Gasteiger partial charge in [0, 0.05) is 30.6 Å². The van der Waals surface area contributed by atoms with Crippen molar-refractivity contribution in [3.8, 4) is 11.1 Å². The molecule has 2 N–H and O–H groups in total. The summed E-state index contributed by atoms with van der Waals surface area (Å²) in [5.74, 6) is 0.182. The summed E-state index contributed by atoms with van der Waals surface area (Å²) >= 11 is 0. The predicted octanol–water partition coefficient (Wildman–Crippen LogP) is 1.66. The Morgan fingerprint density at radius 3 is 2.35 bits per heavy atom. The van der Waals surface area contributed by atoms with Crippen LogP contribution in [0, 0.1) is 13.8 Å². The first-order chi connectivity index (χ1) is 9.52. The smallest absolute Gasteiger partial charge is 0.267 e. The molecule has 0 aliphatic heterocycles. The number of amides is 1. The molecular formula is C15H16N4O. The van der Waals surface area contributed by atoms with Gasteiger partial charge in [0.05, 0.1) is 0 Å². The number of nitrogens with two attached hydrogens (primary N) is 1. The molecule has 0 unspecified atom stereocenters. The first-order valence-corrected chi connectivity index (χ1v) is 6.19. The first-order valence-electron chi connectivity index (χ1n) is 6.19. The lowest BCUT2D eigenvalue weighted by molar-refractivity contribution is -0.111. The van der Waals surface area contributed by atoms with Crippen LogP contribution in [0.4, 0.5) is 0 Å². The van der Waals surface area contributed by atoms with Crippen molar-refractivity contribution in [3.05, 3.63) is 47.5 Å². The quantitative estimate of drug-likeness (QED) is 0.860. The van der Waals surface area contributed by atoms with Gasteiger partial charge in [0.25, 0.3) is 5.91 Å². The minimum absolute atomic E-state index is 0.275. The second-order valence-corrected chi connectivity index (χ2v) is 4.49. The number of rotatable bonds is 3. The number of hydrogen-bond acceptors (Lipinski definition) is 4. The van der Waals surface area contributed by atoms with Crippen LogP contribution in [0.1, 0.15) is 17.0 Å². The highest BCUT2D eigenvalue weighted by molar-refractivity contribution is 6.45. The van der Waals surface area contributed by atoms with Gasteiger partial charge in [-0.25, -0.2) is 9.97 Å². The molecule has 0 fully saturated rings. The molecular weight excluding hydrogens is 252 g/mol. The second kappa shape index (κ2) is 5.61. The molecule has 0 aliphatic rings. The van der Waals surface area contributed by atoms with Crippen LogP contribution in [0.5, 0.6) is 0 Å². The third-order valence-corrected chi connectivity index (χ3v) is 3.06. The number of primary amides is 1. The van der Waals surface area contributed by atoms with Gasteiger partial charge >= 0.3 is 0 Å². The predicted molar refractivity (Wildman–Crippen MR) is 78.6 cm³/mol. The average Bonchev–Trinajstić information content (AvgIpc) is 2.42. The number of carbonyl (C=O) groups is 1. The molecule has 0 saturated carbocycles. The Balaban J connectivity index is 2.53. The van der Waals surface area contributed by atoms with E-state index in [0.717, 1.165) is 22.3 Å². The van der Waals surface area contributed by atoms with Gasteiger partial charge in [0.2, 0.25) is 0 Å². The zero-order chi connectivity index (χ0) is 14.7. The van der Waals surface area contributed by atoms with E-state index in [4.69, 9.17) is 5.73 Å². The fraction of sp³-hybridized carbons (Fsp3) is 0.200. The van der Waals surface area contributed by atoms with E-state index in [-0.39, 0.29) is 5.71 Å². The van der Waals surface area contributed by atoms with E-state index in [0.29, 0.717) is 5.82 Å². The largest absolute Gasteiger partial charge is 0.364 e. The van der Waals surface area contributed by atoms with E-state index < -0.39 is 5.91 Å². The number of aryl methyl sites for hydroxylation is 2. The third kappa shape index (κ3) is 2.71. The van der Waals surface area contributed by atoms with Crippen LogP contribution in [-0.2, 0) is 4.79 Å². The maximum atomic E-state index is 11.4. The first kappa shape index (κ1) is 13.9. The van der Waals surface area contributed by atoms with Crippen LogP contribution in [0.2, 0.25) is 0 Å². The number of nitrogens with zero attached hydrogens (tertiary/aromatic N) is 3. The van der Waals surface area contributed by atoms with Crippen molar-refractivity contribution in [2.45, 2.75) is 13.8 Å². The molecule has 0 aliphatic carbocycles. The van der Waals surface area contributed by atoms with Crippen LogP contribution in [0.3, 0.4) is 0 Å². The van der Waals surface area contributed by atoms with E-state index in [1.54, 1.807) is 19.4 Å². The fourth-order valence-electron chi connectivity index (χ4n) is 1.96. The second-order valence-electron chi connectivity index (χ2n) is 4.49. The van der Waals surface area contributed by atoms with E-state index in [2.05, 4.69) is 15.0 Å². The van der Waals surface area contributed by atoms with Crippen LogP contribution >= 0.6 is 0 Å². The third-order valence-electron chi connectivity index (χ3n) is 3.06. The lowest BCUT2D eigenvalue weighted by atomic mass is 9.98. The highest BCUT2D eigenvalue weighted by Gasteiger charge is 2.13. The van der Waals surface area contributed by atoms with Gasteiger partial charge in [-0.1, -0.05) is 12.1 Å². The SMILES string of the molecule is CN=C(C(N)=O)c1cc(-c2cnc(C)nc2)ccc1C. The highest BCUT2D eigenvalue weighted by atomic mass is 16.1. The molecule has 0 bridgehead atoms. The summed E-state index contributed by atoms with van der Waals surface area (Å²) in [4.78, 5) is 23.8. The Morgan fingerprint density at radius 1 is 1.15 bits per heavy atom. The minimum Gasteiger partial charge on any atom is -0.364 e. The highest BCUT2D eigenvalue weighted by Crippen LogP contribution is 2.22. The lowest BCUT2D eigenvalue weighted by Crippen LogP contribution is -2.25. The van der Waals surface area contributed by atoms with Gasteiger partial charge in [0.1, 0.15) is 11.5 Å². The summed E-state index contributed by atoms with van der Waals surface area (Å²) in [5.41, 5.74) is 9.13. The summed E-state index contributed by atoms with van der Waals surface area (Å²) in [6.45, 7) is 3.75. The Bertz CT molecular complexity index is 675. The van der Waals surface area contributed by atoms with Crippen molar-refractivity contribution in [3.63, 3.8) is 0 Å². The van der Waals surface area contributed by atoms with Crippen LogP contribution < -0.4 is 5.73 Å². The van der Waals surface area contributed by atoms with Crippen LogP contribution in [0.25, 0.3) is 11.1 Å². The number of hydrogen-bond donors (Lipinski definition) is 1. The zero-order valence-electron chi connectivity index (χ0n) is 11.7. The van der Waals surface area contributed by atoms with Crippen molar-refractivity contribution >= 4 is 11.6 Å². The Labute approximate surface area is 117 Å². The Morgan fingerprint density at radius 2 is 1.80 bits per heavy atom. The monoisotopic (exact) mass is 268 g/mol. The van der Waals surface area contributed by atoms with Crippen molar-refractivity contribution in [2.75, 3.05) is 7.05 Å². The van der Waals surface area contributed by atoms with Crippen molar-refractivity contribution < 1.29 is 4.79 Å². The van der Waals surface area contributed by atoms with Crippen LogP contribution in [0.15, 0.2) is 35.6 Å². The molecule has 1 aromatic carbocycles. The number of aliphatic imine (C=N–C) groups is 1. The van der Waals surface area contributed by atoms with Gasteiger partial charge in [-0.15, -0.1) is 0 Å². The van der Waals surface area contributed by atoms with Gasteiger partial charge in [-0.05, 0) is 31.0 Å². The minimum atomic E-state index is -0.534. The molecule has 1 amide bonds. The fourth-order valence-corrected chi connectivity index (χ4v) is 1.96. The summed E-state index contributed by atoms with van der Waals surface area (Å²) in [5, 5.41) is 0. The van der Waals surface area contributed by atoms with E-state index in [1.165, 1.54) is 0 Å². The molecule has 5 heteroatoms. The maximum absolute atomic E-state index is 11.4. The molecule has 0 saturated heterocycles. The van der Waals surface area contributed by atoms with Gasteiger partial charge < -0.3 is 5.73 Å².